The van der Waals surface area contributed by atoms with E-state index in [-0.39, 0.29) is 0 Å². The normalized spacial score (nSPS) is 11.3. The number of nitrogens with one attached hydrogen (secondary N) is 1. The molecule has 0 bridgehead atoms. The van der Waals surface area contributed by atoms with Crippen molar-refractivity contribution >= 4 is 51.3 Å². The summed E-state index contributed by atoms with van der Waals surface area (Å²) >= 11 is 12.6. The van der Waals surface area contributed by atoms with Gasteiger partial charge in [0.05, 0.1) is 21.7 Å². The average Bonchev–Trinajstić information content (AvgIpc) is 2.94. The number of hydrogen-bond donors (Lipinski definition) is 1. The number of benzene rings is 2. The molecule has 114 valence electrons. The number of nitrogens with zero attached hydrogens (tertiary/aromatic N) is 3. The van der Waals surface area contributed by atoms with Crippen molar-refractivity contribution < 1.29 is 0 Å². The molecule has 6 heteroatoms. The SMILES string of the molecule is Cc1cccc(Cl)c1Nc1nc2ccccc2n2cnc(Cl)c12. The second-order valence-electron chi connectivity index (χ2n) is 5.26. The second-order valence-corrected chi connectivity index (χ2v) is 6.03. The number of para-hydroxylation sites is 3. The third-order valence-electron chi connectivity index (χ3n) is 3.79. The zero-order valence-electron chi connectivity index (χ0n) is 12.2. The number of rotatable bonds is 2. The van der Waals surface area contributed by atoms with Gasteiger partial charge in [0.1, 0.15) is 11.8 Å². The molecule has 0 unspecified atom stereocenters. The molecule has 0 atom stereocenters. The van der Waals surface area contributed by atoms with E-state index in [0.717, 1.165) is 27.8 Å². The summed E-state index contributed by atoms with van der Waals surface area (Å²) in [6.45, 7) is 1.99. The van der Waals surface area contributed by atoms with Crippen LogP contribution >= 0.6 is 23.2 Å². The molecule has 0 fully saturated rings. The minimum absolute atomic E-state index is 0.399. The van der Waals surface area contributed by atoms with Gasteiger partial charge in [0.25, 0.3) is 0 Å². The van der Waals surface area contributed by atoms with Crippen LogP contribution in [-0.4, -0.2) is 14.4 Å². The van der Waals surface area contributed by atoms with Gasteiger partial charge in [0.15, 0.2) is 11.0 Å². The first-order chi connectivity index (χ1) is 11.1. The van der Waals surface area contributed by atoms with Crippen LogP contribution < -0.4 is 5.32 Å². The van der Waals surface area contributed by atoms with Crippen molar-refractivity contribution in [3.63, 3.8) is 0 Å². The summed E-state index contributed by atoms with van der Waals surface area (Å²) in [5.41, 5.74) is 4.37. The summed E-state index contributed by atoms with van der Waals surface area (Å²) < 4.78 is 1.93. The van der Waals surface area contributed by atoms with Gasteiger partial charge in [-0.1, -0.05) is 47.5 Å². The summed E-state index contributed by atoms with van der Waals surface area (Å²) in [6.07, 6.45) is 1.70. The van der Waals surface area contributed by atoms with Gasteiger partial charge < -0.3 is 5.32 Å². The molecule has 4 aromatic rings. The maximum Gasteiger partial charge on any atom is 0.158 e. The minimum Gasteiger partial charge on any atom is -0.337 e. The molecule has 0 saturated heterocycles. The van der Waals surface area contributed by atoms with E-state index in [0.29, 0.717) is 16.0 Å². The summed E-state index contributed by atoms with van der Waals surface area (Å²) in [6, 6.07) is 13.6. The molecule has 0 radical (unpaired) electrons. The molecule has 0 aliphatic rings. The van der Waals surface area contributed by atoms with E-state index in [2.05, 4.69) is 10.3 Å². The highest BCUT2D eigenvalue weighted by Gasteiger charge is 2.14. The first kappa shape index (κ1) is 14.3. The Kier molecular flexibility index (Phi) is 3.36. The van der Waals surface area contributed by atoms with Gasteiger partial charge in [-0.15, -0.1) is 0 Å². The third kappa shape index (κ3) is 2.31. The maximum absolute atomic E-state index is 6.32. The molecule has 2 heterocycles. The Balaban J connectivity index is 2.00. The Morgan fingerprint density at radius 2 is 1.87 bits per heavy atom. The summed E-state index contributed by atoms with van der Waals surface area (Å²) in [5.74, 6) is 0.627. The van der Waals surface area contributed by atoms with Crippen LogP contribution in [0.5, 0.6) is 0 Å². The molecule has 1 N–H and O–H groups in total. The average molecular weight is 343 g/mol. The van der Waals surface area contributed by atoms with Crippen molar-refractivity contribution in [3.8, 4) is 0 Å². The van der Waals surface area contributed by atoms with E-state index < -0.39 is 0 Å². The number of hydrogen-bond acceptors (Lipinski definition) is 3. The Morgan fingerprint density at radius 1 is 1.04 bits per heavy atom. The van der Waals surface area contributed by atoms with Crippen LogP contribution in [0.2, 0.25) is 10.2 Å². The van der Waals surface area contributed by atoms with Gasteiger partial charge in [-0.2, -0.15) is 0 Å². The van der Waals surface area contributed by atoms with Crippen LogP contribution in [0.3, 0.4) is 0 Å². The smallest absolute Gasteiger partial charge is 0.158 e. The van der Waals surface area contributed by atoms with Gasteiger partial charge in [-0.05, 0) is 30.7 Å². The molecule has 4 nitrogen and oxygen atoms in total. The van der Waals surface area contributed by atoms with Crippen molar-refractivity contribution in [2.75, 3.05) is 5.32 Å². The second kappa shape index (κ2) is 5.41. The highest BCUT2D eigenvalue weighted by atomic mass is 35.5. The van der Waals surface area contributed by atoms with Crippen molar-refractivity contribution in [3.05, 3.63) is 64.5 Å². The van der Waals surface area contributed by atoms with E-state index in [1.807, 2.05) is 53.8 Å². The van der Waals surface area contributed by atoms with Crippen LogP contribution in [0.15, 0.2) is 48.8 Å². The van der Waals surface area contributed by atoms with Crippen LogP contribution in [0.4, 0.5) is 11.5 Å². The van der Waals surface area contributed by atoms with Gasteiger partial charge in [0, 0.05) is 0 Å². The molecule has 0 amide bonds. The molecule has 0 saturated carbocycles. The number of halogens is 2. The zero-order chi connectivity index (χ0) is 16.0. The van der Waals surface area contributed by atoms with Crippen LogP contribution in [0.25, 0.3) is 16.6 Å². The Morgan fingerprint density at radius 3 is 2.70 bits per heavy atom. The molecule has 0 spiro atoms. The number of aryl methyl sites for hydroxylation is 1. The van der Waals surface area contributed by atoms with Crippen LogP contribution in [-0.2, 0) is 0 Å². The van der Waals surface area contributed by atoms with E-state index in [1.165, 1.54) is 0 Å². The largest absolute Gasteiger partial charge is 0.337 e. The fraction of sp³-hybridized carbons (Fsp3) is 0.0588. The van der Waals surface area contributed by atoms with Gasteiger partial charge in [0.2, 0.25) is 0 Å². The Hall–Kier alpha value is -2.30. The van der Waals surface area contributed by atoms with Crippen molar-refractivity contribution in [1.29, 1.82) is 0 Å². The molecular weight excluding hydrogens is 331 g/mol. The predicted molar refractivity (Wildman–Crippen MR) is 95.0 cm³/mol. The van der Waals surface area contributed by atoms with E-state index >= 15 is 0 Å². The molecule has 2 aromatic carbocycles. The number of imidazole rings is 1. The lowest BCUT2D eigenvalue weighted by molar-refractivity contribution is 1.19. The predicted octanol–water partition coefficient (Wildman–Crippen LogP) is 5.24. The van der Waals surface area contributed by atoms with Gasteiger partial charge >= 0.3 is 0 Å². The number of anilines is 2. The third-order valence-corrected chi connectivity index (χ3v) is 4.38. The van der Waals surface area contributed by atoms with Crippen LogP contribution in [0, 0.1) is 6.92 Å². The Bertz CT molecular complexity index is 1020. The zero-order valence-corrected chi connectivity index (χ0v) is 13.7. The van der Waals surface area contributed by atoms with Gasteiger partial charge in [-0.25, -0.2) is 9.97 Å². The first-order valence-electron chi connectivity index (χ1n) is 7.08. The fourth-order valence-corrected chi connectivity index (χ4v) is 3.15. The fourth-order valence-electron chi connectivity index (χ4n) is 2.65. The standard InChI is InChI=1S/C17H12Cl2N4/c1-10-5-4-6-11(18)14(10)22-17-15-16(19)20-9-23(15)13-8-3-2-7-12(13)21-17/h2-9H,1H3,(H,21,22). The van der Waals surface area contributed by atoms with Gasteiger partial charge in [-0.3, -0.25) is 4.40 Å². The maximum atomic E-state index is 6.32. The van der Waals surface area contributed by atoms with E-state index in [4.69, 9.17) is 28.2 Å². The highest BCUT2D eigenvalue weighted by Crippen LogP contribution is 2.33. The summed E-state index contributed by atoms with van der Waals surface area (Å²) in [4.78, 5) is 8.91. The topological polar surface area (TPSA) is 42.2 Å². The lowest BCUT2D eigenvalue weighted by atomic mass is 10.2. The minimum atomic E-state index is 0.399. The van der Waals surface area contributed by atoms with E-state index in [9.17, 15) is 0 Å². The molecule has 23 heavy (non-hydrogen) atoms. The summed E-state index contributed by atoms with van der Waals surface area (Å²) in [7, 11) is 0. The molecule has 0 aliphatic carbocycles. The number of fused-ring (bicyclic) bond motifs is 3. The molecule has 2 aromatic heterocycles. The van der Waals surface area contributed by atoms with E-state index in [1.54, 1.807) is 6.33 Å². The quantitative estimate of drug-likeness (QED) is 0.541. The summed E-state index contributed by atoms with van der Waals surface area (Å²) in [5, 5.41) is 4.35. The van der Waals surface area contributed by atoms with Crippen molar-refractivity contribution in [1.82, 2.24) is 14.4 Å². The molecule has 0 aliphatic heterocycles. The highest BCUT2D eigenvalue weighted by molar-refractivity contribution is 6.34. The monoisotopic (exact) mass is 342 g/mol. The van der Waals surface area contributed by atoms with Crippen molar-refractivity contribution in [2.24, 2.45) is 0 Å². The molecule has 4 rings (SSSR count). The molecular formula is C17H12Cl2N4. The lowest BCUT2D eigenvalue weighted by Crippen LogP contribution is -2.01. The van der Waals surface area contributed by atoms with Crippen molar-refractivity contribution in [2.45, 2.75) is 6.92 Å². The first-order valence-corrected chi connectivity index (χ1v) is 7.84. The lowest BCUT2D eigenvalue weighted by Gasteiger charge is -2.13. The van der Waals surface area contributed by atoms with Crippen LogP contribution in [0.1, 0.15) is 5.56 Å². The Labute approximate surface area is 142 Å². The number of aromatic nitrogens is 3.